The fraction of sp³-hybridized carbons (Fsp3) is 0.407. The zero-order valence-electron chi connectivity index (χ0n) is 20.9. The molecule has 0 spiro atoms. The van der Waals surface area contributed by atoms with E-state index >= 15 is 0 Å². The number of para-hydroxylation sites is 1. The van der Waals surface area contributed by atoms with Crippen LogP contribution in [0.1, 0.15) is 56.7 Å². The largest absolute Gasteiger partial charge is 0.305 e. The molecule has 2 amide bonds. The molecule has 38 heavy (non-hydrogen) atoms. The summed E-state index contributed by atoms with van der Waals surface area (Å²) in [5, 5.41) is 23.6. The van der Waals surface area contributed by atoms with Crippen LogP contribution in [0.15, 0.2) is 46.1 Å². The minimum Gasteiger partial charge on any atom is -0.305 e. The van der Waals surface area contributed by atoms with Crippen molar-refractivity contribution in [2.24, 2.45) is 17.8 Å². The molecule has 5 fully saturated rings. The SMILES string of the molecule is CC(=O)Nc1nonc1N1C(=N)SC(=Cc2cn(-c3ccccc3)nc2C23CC4CC(CC(C4)C2)C3)C1=O. The molecule has 0 radical (unpaired) electrons. The molecule has 2 N–H and O–H groups in total. The van der Waals surface area contributed by atoms with Gasteiger partial charge in [0.15, 0.2) is 5.17 Å². The van der Waals surface area contributed by atoms with Gasteiger partial charge in [0, 0.05) is 24.1 Å². The number of nitrogens with one attached hydrogen (secondary N) is 2. The zero-order chi connectivity index (χ0) is 26.0. The highest BCUT2D eigenvalue weighted by molar-refractivity contribution is 8.19. The third-order valence-corrected chi connectivity index (χ3v) is 9.28. The molecular weight excluding hydrogens is 502 g/mol. The van der Waals surface area contributed by atoms with E-state index in [1.165, 1.54) is 26.2 Å². The number of hydrogen-bond donors (Lipinski definition) is 2. The molecule has 8 rings (SSSR count). The van der Waals surface area contributed by atoms with Crippen molar-refractivity contribution in [3.05, 3.63) is 52.7 Å². The van der Waals surface area contributed by atoms with Crippen LogP contribution in [0, 0.1) is 23.2 Å². The quantitative estimate of drug-likeness (QED) is 0.457. The molecular formula is C27H27N7O3S. The second-order valence-corrected chi connectivity index (χ2v) is 12.1. The lowest BCUT2D eigenvalue weighted by Crippen LogP contribution is -2.49. The number of thioether (sulfide) groups is 1. The van der Waals surface area contributed by atoms with Crippen LogP contribution in [-0.4, -0.2) is 37.1 Å². The summed E-state index contributed by atoms with van der Waals surface area (Å²) in [5.41, 5.74) is 2.97. The van der Waals surface area contributed by atoms with Gasteiger partial charge in [-0.2, -0.15) is 5.10 Å². The van der Waals surface area contributed by atoms with Gasteiger partial charge in [-0.3, -0.25) is 15.0 Å². The Labute approximate surface area is 223 Å². The third-order valence-electron chi connectivity index (χ3n) is 8.39. The first-order valence-electron chi connectivity index (χ1n) is 13.0. The number of benzene rings is 1. The molecule has 3 heterocycles. The van der Waals surface area contributed by atoms with Crippen molar-refractivity contribution in [3.8, 4) is 5.69 Å². The predicted octanol–water partition coefficient (Wildman–Crippen LogP) is 4.74. The van der Waals surface area contributed by atoms with Gasteiger partial charge in [0.1, 0.15) is 0 Å². The number of carbonyl (C=O) groups excluding carboxylic acids is 2. The number of hydrogen-bond acceptors (Lipinski definition) is 8. The van der Waals surface area contributed by atoms with E-state index in [4.69, 9.17) is 15.1 Å². The Morgan fingerprint density at radius 2 is 1.82 bits per heavy atom. The number of carbonyl (C=O) groups is 2. The third kappa shape index (κ3) is 3.79. The Morgan fingerprint density at radius 3 is 2.47 bits per heavy atom. The molecule has 0 unspecified atom stereocenters. The molecule has 4 saturated carbocycles. The number of anilines is 2. The first-order chi connectivity index (χ1) is 18.4. The Hall–Kier alpha value is -3.73. The number of amides is 2. The van der Waals surface area contributed by atoms with Crippen LogP contribution in [0.25, 0.3) is 11.8 Å². The van der Waals surface area contributed by atoms with Crippen molar-refractivity contribution < 1.29 is 14.2 Å². The van der Waals surface area contributed by atoms with Gasteiger partial charge in [0.2, 0.25) is 17.5 Å². The predicted molar refractivity (Wildman–Crippen MR) is 143 cm³/mol. The summed E-state index contributed by atoms with van der Waals surface area (Å²) in [4.78, 5) is 26.6. The van der Waals surface area contributed by atoms with Gasteiger partial charge >= 0.3 is 0 Å². The molecule has 11 heteroatoms. The van der Waals surface area contributed by atoms with E-state index in [0.717, 1.165) is 70.6 Å². The van der Waals surface area contributed by atoms with Gasteiger partial charge in [0.25, 0.3) is 5.91 Å². The fourth-order valence-electron chi connectivity index (χ4n) is 7.42. The first-order valence-corrected chi connectivity index (χ1v) is 13.8. The van der Waals surface area contributed by atoms with Crippen LogP contribution in [0.2, 0.25) is 0 Å². The minimum atomic E-state index is -0.411. The Bertz CT molecular complexity index is 1460. The van der Waals surface area contributed by atoms with Gasteiger partial charge in [0.05, 0.1) is 16.3 Å². The Kier molecular flexibility index (Phi) is 5.33. The summed E-state index contributed by atoms with van der Waals surface area (Å²) >= 11 is 1.05. The number of aromatic nitrogens is 4. The lowest BCUT2D eigenvalue weighted by atomic mass is 9.48. The second kappa shape index (κ2) is 8.65. The highest BCUT2D eigenvalue weighted by Gasteiger charge is 2.53. The van der Waals surface area contributed by atoms with Gasteiger partial charge in [-0.15, -0.1) is 0 Å². The summed E-state index contributed by atoms with van der Waals surface area (Å²) in [6.07, 6.45) is 11.3. The molecule has 2 aromatic heterocycles. The normalized spacial score (nSPS) is 29.0. The summed E-state index contributed by atoms with van der Waals surface area (Å²) in [5.74, 6) is 1.46. The van der Waals surface area contributed by atoms with E-state index in [1.54, 1.807) is 0 Å². The van der Waals surface area contributed by atoms with Crippen LogP contribution < -0.4 is 10.2 Å². The summed E-state index contributed by atoms with van der Waals surface area (Å²) in [6.45, 7) is 1.33. The Balaban J connectivity index is 1.29. The molecule has 4 bridgehead atoms. The smallest absolute Gasteiger partial charge is 0.272 e. The topological polar surface area (TPSA) is 130 Å². The van der Waals surface area contributed by atoms with Crippen molar-refractivity contribution in [1.29, 1.82) is 5.41 Å². The fourth-order valence-corrected chi connectivity index (χ4v) is 8.25. The van der Waals surface area contributed by atoms with E-state index in [0.29, 0.717) is 4.91 Å². The molecule has 0 atom stereocenters. The van der Waals surface area contributed by atoms with Crippen molar-refractivity contribution in [2.45, 2.75) is 50.9 Å². The van der Waals surface area contributed by atoms with Crippen LogP contribution >= 0.6 is 11.8 Å². The van der Waals surface area contributed by atoms with Gasteiger partial charge in [-0.1, -0.05) is 18.2 Å². The minimum absolute atomic E-state index is 0.00334. The van der Waals surface area contributed by atoms with E-state index in [9.17, 15) is 9.59 Å². The Morgan fingerprint density at radius 1 is 1.13 bits per heavy atom. The van der Waals surface area contributed by atoms with Crippen molar-refractivity contribution in [1.82, 2.24) is 20.1 Å². The van der Waals surface area contributed by atoms with Gasteiger partial charge in [-0.05, 0) is 96.6 Å². The second-order valence-electron chi connectivity index (χ2n) is 11.1. The maximum absolute atomic E-state index is 13.5. The zero-order valence-corrected chi connectivity index (χ0v) is 21.7. The summed E-state index contributed by atoms with van der Waals surface area (Å²) in [6, 6.07) is 10.0. The highest BCUT2D eigenvalue weighted by atomic mass is 32.2. The van der Waals surface area contributed by atoms with E-state index in [2.05, 4.69) is 15.6 Å². The van der Waals surface area contributed by atoms with Crippen LogP contribution in [-0.2, 0) is 15.0 Å². The maximum atomic E-state index is 13.5. The lowest BCUT2D eigenvalue weighted by Gasteiger charge is -2.56. The van der Waals surface area contributed by atoms with Crippen LogP contribution in [0.3, 0.4) is 0 Å². The number of rotatable bonds is 5. The van der Waals surface area contributed by atoms with E-state index in [-0.39, 0.29) is 28.1 Å². The summed E-state index contributed by atoms with van der Waals surface area (Å²) in [7, 11) is 0. The molecule has 1 aliphatic heterocycles. The molecule has 1 saturated heterocycles. The molecule has 1 aromatic carbocycles. The summed E-state index contributed by atoms with van der Waals surface area (Å²) < 4.78 is 6.69. The first kappa shape index (κ1) is 23.4. The average molecular weight is 530 g/mol. The van der Waals surface area contributed by atoms with Crippen molar-refractivity contribution >= 4 is 46.5 Å². The molecule has 5 aliphatic rings. The van der Waals surface area contributed by atoms with Crippen LogP contribution in [0.5, 0.6) is 0 Å². The maximum Gasteiger partial charge on any atom is 0.272 e. The number of amidine groups is 1. The highest BCUT2D eigenvalue weighted by Crippen LogP contribution is 2.61. The average Bonchev–Trinajstić information content (AvgIpc) is 3.57. The molecule has 10 nitrogen and oxygen atoms in total. The van der Waals surface area contributed by atoms with E-state index < -0.39 is 5.91 Å². The van der Waals surface area contributed by atoms with E-state index in [1.807, 2.05) is 47.3 Å². The monoisotopic (exact) mass is 529 g/mol. The van der Waals surface area contributed by atoms with Gasteiger partial charge < -0.3 is 5.32 Å². The molecule has 4 aliphatic carbocycles. The lowest BCUT2D eigenvalue weighted by molar-refractivity contribution is -0.114. The number of nitrogens with zero attached hydrogens (tertiary/aromatic N) is 5. The van der Waals surface area contributed by atoms with Crippen molar-refractivity contribution in [3.63, 3.8) is 0 Å². The van der Waals surface area contributed by atoms with Gasteiger partial charge in [-0.25, -0.2) is 14.2 Å². The molecule has 3 aromatic rings. The molecule has 194 valence electrons. The van der Waals surface area contributed by atoms with Crippen LogP contribution in [0.4, 0.5) is 11.6 Å². The standard InChI is InChI=1S/C27H27N7O3S/c1-15(35)29-23-24(32-37-31-23)34-25(36)21(38-26(34)28)10-19-14-33(20-5-3-2-4-6-20)30-22(19)27-11-16-7-17(12-27)9-18(8-16)13-27/h2-6,10,14,16-18,28H,7-9,11-13H2,1H3,(H,29,31,35). The van der Waals surface area contributed by atoms with Crippen molar-refractivity contribution in [2.75, 3.05) is 10.2 Å².